The van der Waals surface area contributed by atoms with E-state index in [-0.39, 0.29) is 11.9 Å². The lowest BCUT2D eigenvalue weighted by Gasteiger charge is -2.42. The highest BCUT2D eigenvalue weighted by Crippen LogP contribution is 2.46. The van der Waals surface area contributed by atoms with Gasteiger partial charge < -0.3 is 11.1 Å². The van der Waals surface area contributed by atoms with Crippen LogP contribution >= 0.6 is 0 Å². The summed E-state index contributed by atoms with van der Waals surface area (Å²) in [6.07, 6.45) is 6.53. The lowest BCUT2D eigenvalue weighted by molar-refractivity contribution is -0.116. The molecule has 1 aliphatic carbocycles. The van der Waals surface area contributed by atoms with Gasteiger partial charge in [0.1, 0.15) is 0 Å². The van der Waals surface area contributed by atoms with Crippen LogP contribution in [-0.2, 0) is 11.2 Å². The highest BCUT2D eigenvalue weighted by atomic mass is 16.1. The summed E-state index contributed by atoms with van der Waals surface area (Å²) in [5.74, 6) is 0.662. The fourth-order valence-corrected chi connectivity index (χ4v) is 4.03. The Balaban J connectivity index is 1.85. The van der Waals surface area contributed by atoms with Crippen LogP contribution in [0.3, 0.4) is 0 Å². The van der Waals surface area contributed by atoms with Gasteiger partial charge in [0.2, 0.25) is 5.91 Å². The predicted molar refractivity (Wildman–Crippen MR) is 86.1 cm³/mol. The van der Waals surface area contributed by atoms with Crippen LogP contribution in [0.1, 0.15) is 63.1 Å². The summed E-state index contributed by atoms with van der Waals surface area (Å²) in [6, 6.07) is 6.43. The molecule has 0 radical (unpaired) electrons. The van der Waals surface area contributed by atoms with E-state index in [4.69, 9.17) is 5.73 Å². The zero-order valence-electron chi connectivity index (χ0n) is 13.1. The third kappa shape index (κ3) is 2.84. The smallest absolute Gasteiger partial charge is 0.224 e. The molecular weight excluding hydrogens is 260 g/mol. The third-order valence-corrected chi connectivity index (χ3v) is 5.43. The topological polar surface area (TPSA) is 55.1 Å². The Kier molecular flexibility index (Phi) is 3.78. The fourth-order valence-electron chi connectivity index (χ4n) is 4.03. The summed E-state index contributed by atoms with van der Waals surface area (Å²) in [4.78, 5) is 11.4. The molecule has 0 bridgehead atoms. The standard InChI is InChI=1S/C18H26N2O/c1-18(2)10-4-3-5-14(18)17(19)13-6-8-15-12(11-13)7-9-16(21)20-15/h6,8,11,14,17H,3-5,7,9-10,19H2,1-2H3,(H,20,21). The maximum Gasteiger partial charge on any atom is 0.224 e. The molecule has 3 nitrogen and oxygen atoms in total. The van der Waals surface area contributed by atoms with Gasteiger partial charge in [-0.05, 0) is 47.8 Å². The number of fused-ring (bicyclic) bond motifs is 1. The molecule has 3 N–H and O–H groups in total. The lowest BCUT2D eigenvalue weighted by Crippen LogP contribution is -2.36. The fraction of sp³-hybridized carbons (Fsp3) is 0.611. The van der Waals surface area contributed by atoms with Gasteiger partial charge in [-0.25, -0.2) is 0 Å². The van der Waals surface area contributed by atoms with E-state index in [9.17, 15) is 4.79 Å². The lowest BCUT2D eigenvalue weighted by atomic mass is 9.65. The van der Waals surface area contributed by atoms with Crippen molar-refractivity contribution in [2.24, 2.45) is 17.1 Å². The molecule has 0 saturated heterocycles. The van der Waals surface area contributed by atoms with Crippen LogP contribution in [0.4, 0.5) is 5.69 Å². The largest absolute Gasteiger partial charge is 0.326 e. The summed E-state index contributed by atoms with van der Waals surface area (Å²) in [7, 11) is 0. The first kappa shape index (κ1) is 14.6. The van der Waals surface area contributed by atoms with Crippen molar-refractivity contribution in [2.45, 2.75) is 58.4 Å². The molecule has 1 aromatic rings. The molecule has 1 aliphatic heterocycles. The van der Waals surface area contributed by atoms with Gasteiger partial charge in [0.05, 0.1) is 0 Å². The summed E-state index contributed by atoms with van der Waals surface area (Å²) in [5.41, 5.74) is 10.4. The van der Waals surface area contributed by atoms with Gasteiger partial charge in [0.15, 0.2) is 0 Å². The van der Waals surface area contributed by atoms with Crippen LogP contribution in [0.25, 0.3) is 0 Å². The number of aryl methyl sites for hydroxylation is 1. The molecule has 2 atom stereocenters. The third-order valence-electron chi connectivity index (χ3n) is 5.43. The second kappa shape index (κ2) is 5.45. The van der Waals surface area contributed by atoms with Crippen LogP contribution in [0, 0.1) is 11.3 Å². The Morgan fingerprint density at radius 2 is 2.10 bits per heavy atom. The molecule has 1 aromatic carbocycles. The minimum absolute atomic E-state index is 0.100. The normalized spacial score (nSPS) is 25.9. The number of carbonyl (C=O) groups is 1. The molecule has 1 saturated carbocycles. The van der Waals surface area contributed by atoms with Crippen LogP contribution < -0.4 is 11.1 Å². The number of nitrogens with two attached hydrogens (primary N) is 1. The zero-order chi connectivity index (χ0) is 15.0. The number of hydrogen-bond acceptors (Lipinski definition) is 2. The molecule has 21 heavy (non-hydrogen) atoms. The van der Waals surface area contributed by atoms with Crippen molar-refractivity contribution in [3.05, 3.63) is 29.3 Å². The van der Waals surface area contributed by atoms with Crippen LogP contribution in [-0.4, -0.2) is 5.91 Å². The van der Waals surface area contributed by atoms with Crippen molar-refractivity contribution in [3.63, 3.8) is 0 Å². The number of amides is 1. The van der Waals surface area contributed by atoms with E-state index in [1.807, 2.05) is 6.07 Å². The Hall–Kier alpha value is -1.35. The van der Waals surface area contributed by atoms with E-state index in [0.717, 1.165) is 12.1 Å². The van der Waals surface area contributed by atoms with E-state index in [1.54, 1.807) is 0 Å². The highest BCUT2D eigenvalue weighted by Gasteiger charge is 2.36. The van der Waals surface area contributed by atoms with Crippen LogP contribution in [0.5, 0.6) is 0 Å². The van der Waals surface area contributed by atoms with Gasteiger partial charge in [-0.15, -0.1) is 0 Å². The maximum absolute atomic E-state index is 11.4. The van der Waals surface area contributed by atoms with Crippen LogP contribution in [0.2, 0.25) is 0 Å². The Morgan fingerprint density at radius 3 is 2.86 bits per heavy atom. The quantitative estimate of drug-likeness (QED) is 0.869. The first-order valence-corrected chi connectivity index (χ1v) is 8.16. The number of benzene rings is 1. The number of rotatable bonds is 2. The van der Waals surface area contributed by atoms with Crippen molar-refractivity contribution in [3.8, 4) is 0 Å². The van der Waals surface area contributed by atoms with Crippen molar-refractivity contribution < 1.29 is 4.79 Å². The average molecular weight is 286 g/mol. The molecule has 1 heterocycles. The molecule has 3 rings (SSSR count). The van der Waals surface area contributed by atoms with Crippen molar-refractivity contribution in [2.75, 3.05) is 5.32 Å². The molecule has 0 aromatic heterocycles. The minimum Gasteiger partial charge on any atom is -0.326 e. The van der Waals surface area contributed by atoms with E-state index in [0.29, 0.717) is 17.8 Å². The van der Waals surface area contributed by atoms with Crippen molar-refractivity contribution >= 4 is 11.6 Å². The first-order valence-electron chi connectivity index (χ1n) is 8.16. The number of nitrogens with one attached hydrogen (secondary N) is 1. The second-order valence-electron chi connectivity index (χ2n) is 7.33. The Morgan fingerprint density at radius 1 is 1.29 bits per heavy atom. The molecule has 0 spiro atoms. The number of carbonyl (C=O) groups excluding carboxylic acids is 1. The van der Waals surface area contributed by atoms with Gasteiger partial charge in [-0.2, -0.15) is 0 Å². The number of anilines is 1. The first-order chi connectivity index (χ1) is 9.97. The minimum atomic E-state index is 0.100. The highest BCUT2D eigenvalue weighted by molar-refractivity contribution is 5.93. The Bertz CT molecular complexity index is 550. The predicted octanol–water partition coefficient (Wildman–Crippen LogP) is 3.79. The molecule has 114 valence electrons. The summed E-state index contributed by atoms with van der Waals surface area (Å²) in [6.45, 7) is 4.71. The van der Waals surface area contributed by atoms with E-state index < -0.39 is 0 Å². The van der Waals surface area contributed by atoms with Crippen molar-refractivity contribution in [1.82, 2.24) is 0 Å². The van der Waals surface area contributed by atoms with E-state index in [1.165, 1.54) is 36.8 Å². The van der Waals surface area contributed by atoms with Crippen molar-refractivity contribution in [1.29, 1.82) is 0 Å². The van der Waals surface area contributed by atoms with Gasteiger partial charge in [0, 0.05) is 18.2 Å². The monoisotopic (exact) mass is 286 g/mol. The van der Waals surface area contributed by atoms with Gasteiger partial charge in [0.25, 0.3) is 0 Å². The van der Waals surface area contributed by atoms with Gasteiger partial charge in [-0.3, -0.25) is 4.79 Å². The second-order valence-corrected chi connectivity index (χ2v) is 7.33. The van der Waals surface area contributed by atoms with Gasteiger partial charge in [-0.1, -0.05) is 38.8 Å². The summed E-state index contributed by atoms with van der Waals surface area (Å²) in [5, 5.41) is 2.94. The molecule has 2 aliphatic rings. The maximum atomic E-state index is 11.4. The van der Waals surface area contributed by atoms with E-state index >= 15 is 0 Å². The zero-order valence-corrected chi connectivity index (χ0v) is 13.1. The SMILES string of the molecule is CC1(C)CCCCC1C(N)c1ccc2c(c1)CCC(=O)N2. The molecular formula is C18H26N2O. The molecule has 1 amide bonds. The molecule has 2 unspecified atom stereocenters. The van der Waals surface area contributed by atoms with E-state index in [2.05, 4.69) is 31.3 Å². The number of hydrogen-bond donors (Lipinski definition) is 2. The van der Waals surface area contributed by atoms with Gasteiger partial charge >= 0.3 is 0 Å². The molecule has 3 heteroatoms. The average Bonchev–Trinajstić information content (AvgIpc) is 2.45. The summed E-state index contributed by atoms with van der Waals surface area (Å²) >= 11 is 0. The summed E-state index contributed by atoms with van der Waals surface area (Å²) < 4.78 is 0. The van der Waals surface area contributed by atoms with Crippen LogP contribution in [0.15, 0.2) is 18.2 Å². The Labute approximate surface area is 127 Å². The molecule has 1 fully saturated rings.